The zero-order valence-electron chi connectivity index (χ0n) is 12.2. The molecule has 0 saturated heterocycles. The van der Waals surface area contributed by atoms with Gasteiger partial charge in [-0.05, 0) is 32.9 Å². The lowest BCUT2D eigenvalue weighted by molar-refractivity contribution is 0.0277. The van der Waals surface area contributed by atoms with Crippen LogP contribution in [0.1, 0.15) is 20.8 Å². The summed E-state index contributed by atoms with van der Waals surface area (Å²) in [4.78, 5) is 20.3. The number of carbonyl (C=O) groups is 1. The van der Waals surface area contributed by atoms with Gasteiger partial charge in [0, 0.05) is 13.2 Å². The van der Waals surface area contributed by atoms with Crippen LogP contribution >= 0.6 is 0 Å². The van der Waals surface area contributed by atoms with Crippen molar-refractivity contribution in [3.63, 3.8) is 0 Å². The molecule has 0 saturated carbocycles. The molecular weight excluding hydrogens is 258 g/mol. The third-order valence-corrected chi connectivity index (χ3v) is 2.23. The summed E-state index contributed by atoms with van der Waals surface area (Å²) in [5.74, 6) is 0.426. The summed E-state index contributed by atoms with van der Waals surface area (Å²) >= 11 is 0. The predicted octanol–water partition coefficient (Wildman–Crippen LogP) is 2.88. The molecule has 0 aliphatic heterocycles. The van der Waals surface area contributed by atoms with Crippen molar-refractivity contribution in [3.8, 4) is 5.88 Å². The topological polar surface area (TPSA) is 56.0 Å². The Kier molecular flexibility index (Phi) is 5.32. The van der Waals surface area contributed by atoms with Crippen LogP contribution in [0.15, 0.2) is 18.3 Å². The average molecular weight is 277 g/mol. The molecule has 0 N–H and O–H groups in total. The number of amides is 1. The van der Waals surface area contributed by atoms with Crippen LogP contribution in [-0.2, 0) is 4.74 Å². The van der Waals surface area contributed by atoms with E-state index in [0.717, 1.165) is 0 Å². The summed E-state index contributed by atoms with van der Waals surface area (Å²) in [6.07, 6.45) is 1.05. The third-order valence-electron chi connectivity index (χ3n) is 2.23. The zero-order valence-corrected chi connectivity index (χ0v) is 12.2. The second-order valence-corrected chi connectivity index (χ2v) is 5.22. The summed E-state index contributed by atoms with van der Waals surface area (Å²) < 4.78 is 10.6. The number of likely N-dealkylation sites (N-methyl/N-ethyl adjacent to an activating group) is 1. The van der Waals surface area contributed by atoms with Crippen LogP contribution in [0, 0.1) is 6.57 Å². The molecule has 0 atom stereocenters. The number of rotatable bonds is 4. The fourth-order valence-electron chi connectivity index (χ4n) is 1.24. The minimum Gasteiger partial charge on any atom is -0.476 e. The Morgan fingerprint density at radius 2 is 2.15 bits per heavy atom. The van der Waals surface area contributed by atoms with Gasteiger partial charge in [-0.3, -0.25) is 0 Å². The van der Waals surface area contributed by atoms with Gasteiger partial charge in [0.25, 0.3) is 0 Å². The standard InChI is InChI=1S/C14H19N3O3/c1-14(2,3)20-13(18)17(5)8-9-19-12-7-6-11(15-4)10-16-12/h6-7,10H,8-9H2,1-3,5H3. The van der Waals surface area contributed by atoms with Gasteiger partial charge in [0.2, 0.25) is 11.6 Å². The van der Waals surface area contributed by atoms with E-state index in [9.17, 15) is 4.79 Å². The summed E-state index contributed by atoms with van der Waals surface area (Å²) in [7, 11) is 1.65. The largest absolute Gasteiger partial charge is 0.476 e. The first kappa shape index (κ1) is 15.8. The fraction of sp³-hybridized carbons (Fsp3) is 0.500. The normalized spacial score (nSPS) is 10.6. The van der Waals surface area contributed by atoms with Gasteiger partial charge in [-0.15, -0.1) is 0 Å². The third kappa shape index (κ3) is 5.57. The number of hydrogen-bond donors (Lipinski definition) is 0. The molecule has 0 fully saturated rings. The van der Waals surface area contributed by atoms with Gasteiger partial charge < -0.3 is 14.4 Å². The Balaban J connectivity index is 2.36. The highest BCUT2D eigenvalue weighted by Gasteiger charge is 2.19. The molecule has 108 valence electrons. The molecule has 0 aliphatic carbocycles. The first-order chi connectivity index (χ1) is 9.31. The number of ether oxygens (including phenoxy) is 2. The summed E-state index contributed by atoms with van der Waals surface area (Å²) in [6.45, 7) is 13.0. The first-order valence-electron chi connectivity index (χ1n) is 6.22. The lowest BCUT2D eigenvalue weighted by atomic mass is 10.2. The first-order valence-corrected chi connectivity index (χ1v) is 6.22. The van der Waals surface area contributed by atoms with Crippen LogP contribution in [0.4, 0.5) is 10.5 Å². The highest BCUT2D eigenvalue weighted by Crippen LogP contribution is 2.14. The molecule has 0 bridgehead atoms. The van der Waals surface area contributed by atoms with E-state index < -0.39 is 11.7 Å². The molecule has 20 heavy (non-hydrogen) atoms. The van der Waals surface area contributed by atoms with E-state index in [4.69, 9.17) is 16.0 Å². The quantitative estimate of drug-likeness (QED) is 0.794. The van der Waals surface area contributed by atoms with Crippen molar-refractivity contribution in [2.24, 2.45) is 0 Å². The van der Waals surface area contributed by atoms with Crippen molar-refractivity contribution < 1.29 is 14.3 Å². The van der Waals surface area contributed by atoms with Gasteiger partial charge >= 0.3 is 6.09 Å². The monoisotopic (exact) mass is 277 g/mol. The number of carbonyl (C=O) groups excluding carboxylic acids is 1. The van der Waals surface area contributed by atoms with Crippen LogP contribution in [0.3, 0.4) is 0 Å². The van der Waals surface area contributed by atoms with Crippen LogP contribution in [0.5, 0.6) is 5.88 Å². The van der Waals surface area contributed by atoms with Crippen LogP contribution in [-0.4, -0.2) is 41.8 Å². The molecule has 0 aliphatic rings. The van der Waals surface area contributed by atoms with Gasteiger partial charge in [0.05, 0.1) is 13.1 Å². The van der Waals surface area contributed by atoms with Gasteiger partial charge in [-0.1, -0.05) is 0 Å². The Hall–Kier alpha value is -2.29. The van der Waals surface area contributed by atoms with E-state index in [1.807, 2.05) is 20.8 Å². The lowest BCUT2D eigenvalue weighted by Crippen LogP contribution is -2.36. The SMILES string of the molecule is [C-]#[N+]c1ccc(OCCN(C)C(=O)OC(C)(C)C)nc1. The van der Waals surface area contributed by atoms with Gasteiger partial charge in [0.1, 0.15) is 12.2 Å². The van der Waals surface area contributed by atoms with Crippen molar-refractivity contribution in [1.29, 1.82) is 0 Å². The molecule has 6 nitrogen and oxygen atoms in total. The summed E-state index contributed by atoms with van der Waals surface area (Å²) in [6, 6.07) is 3.26. The van der Waals surface area contributed by atoms with E-state index in [0.29, 0.717) is 24.7 Å². The maximum absolute atomic E-state index is 11.7. The van der Waals surface area contributed by atoms with Crippen LogP contribution < -0.4 is 4.74 Å². The molecule has 1 amide bonds. The smallest absolute Gasteiger partial charge is 0.410 e. The molecule has 1 heterocycles. The minimum absolute atomic E-state index is 0.306. The van der Waals surface area contributed by atoms with Crippen molar-refractivity contribution >= 4 is 11.8 Å². The van der Waals surface area contributed by atoms with Crippen LogP contribution in [0.25, 0.3) is 4.85 Å². The Morgan fingerprint density at radius 3 is 2.65 bits per heavy atom. The second kappa shape index (κ2) is 6.75. The van der Waals surface area contributed by atoms with Gasteiger partial charge in [0.15, 0.2) is 0 Å². The molecule has 1 rings (SSSR count). The van der Waals surface area contributed by atoms with Crippen LogP contribution in [0.2, 0.25) is 0 Å². The van der Waals surface area contributed by atoms with Crippen molar-refractivity contribution in [1.82, 2.24) is 9.88 Å². The summed E-state index contributed by atoms with van der Waals surface area (Å²) in [5, 5.41) is 0. The molecular formula is C14H19N3O3. The average Bonchev–Trinajstić information content (AvgIpc) is 2.37. The van der Waals surface area contributed by atoms with Crippen molar-refractivity contribution in [2.45, 2.75) is 26.4 Å². The van der Waals surface area contributed by atoms with E-state index >= 15 is 0 Å². The lowest BCUT2D eigenvalue weighted by Gasteiger charge is -2.24. The highest BCUT2D eigenvalue weighted by molar-refractivity contribution is 5.67. The maximum Gasteiger partial charge on any atom is 0.410 e. The Morgan fingerprint density at radius 1 is 1.45 bits per heavy atom. The minimum atomic E-state index is -0.511. The predicted molar refractivity (Wildman–Crippen MR) is 74.9 cm³/mol. The number of hydrogen-bond acceptors (Lipinski definition) is 4. The van der Waals surface area contributed by atoms with Crippen molar-refractivity contribution in [3.05, 3.63) is 29.7 Å². The van der Waals surface area contributed by atoms with Gasteiger partial charge in [-0.2, -0.15) is 0 Å². The van der Waals surface area contributed by atoms with Gasteiger partial charge in [-0.25, -0.2) is 14.6 Å². The summed E-state index contributed by atoms with van der Waals surface area (Å²) in [5.41, 5.74) is -0.0493. The van der Waals surface area contributed by atoms with Crippen molar-refractivity contribution in [2.75, 3.05) is 20.2 Å². The van der Waals surface area contributed by atoms with E-state index in [1.165, 1.54) is 11.1 Å². The number of aromatic nitrogens is 1. The Labute approximate surface area is 119 Å². The fourth-order valence-corrected chi connectivity index (χ4v) is 1.24. The zero-order chi connectivity index (χ0) is 15.2. The second-order valence-electron chi connectivity index (χ2n) is 5.22. The molecule has 6 heteroatoms. The van der Waals surface area contributed by atoms with E-state index in [-0.39, 0.29) is 0 Å². The molecule has 1 aromatic heterocycles. The molecule has 0 unspecified atom stereocenters. The Bertz CT molecular complexity index is 486. The number of nitrogens with zero attached hydrogens (tertiary/aromatic N) is 3. The molecule has 1 aromatic rings. The molecule has 0 radical (unpaired) electrons. The number of pyridine rings is 1. The maximum atomic E-state index is 11.7. The molecule has 0 spiro atoms. The van der Waals surface area contributed by atoms with E-state index in [1.54, 1.807) is 19.2 Å². The molecule has 0 aromatic carbocycles. The highest BCUT2D eigenvalue weighted by atomic mass is 16.6. The van der Waals surface area contributed by atoms with E-state index in [2.05, 4.69) is 9.83 Å².